The molecule has 0 unspecified atom stereocenters. The predicted molar refractivity (Wildman–Crippen MR) is 87.5 cm³/mol. The van der Waals surface area contributed by atoms with Crippen LogP contribution in [-0.2, 0) is 0 Å². The van der Waals surface area contributed by atoms with Gasteiger partial charge in [0.1, 0.15) is 5.69 Å². The molecule has 0 bridgehead atoms. The molecule has 4 rings (SSSR count). The lowest BCUT2D eigenvalue weighted by Gasteiger charge is -1.98. The second kappa shape index (κ2) is 5.08. The van der Waals surface area contributed by atoms with Crippen molar-refractivity contribution in [2.45, 2.75) is 6.92 Å². The van der Waals surface area contributed by atoms with Gasteiger partial charge >= 0.3 is 0 Å². The van der Waals surface area contributed by atoms with E-state index in [1.54, 1.807) is 11.3 Å². The normalized spacial score (nSPS) is 11.1. The monoisotopic (exact) mass is 327 g/mol. The van der Waals surface area contributed by atoms with Gasteiger partial charge in [-0.05, 0) is 19.1 Å². The van der Waals surface area contributed by atoms with Gasteiger partial charge in [0.2, 0.25) is 0 Å². The van der Waals surface area contributed by atoms with Crippen LogP contribution in [0.3, 0.4) is 0 Å². The molecule has 3 heterocycles. The molecule has 3 aromatic heterocycles. The fraction of sp³-hybridized carbons (Fsp3) is 0.0714. The van der Waals surface area contributed by atoms with Crippen LogP contribution in [0.25, 0.3) is 20.4 Å². The molecule has 1 N–H and O–H groups in total. The molecule has 0 aliphatic heterocycles. The van der Waals surface area contributed by atoms with Gasteiger partial charge in [-0.15, -0.1) is 11.3 Å². The summed E-state index contributed by atoms with van der Waals surface area (Å²) in [4.78, 5) is 28.9. The first kappa shape index (κ1) is 13.2. The average molecular weight is 327 g/mol. The van der Waals surface area contributed by atoms with Crippen molar-refractivity contribution >= 4 is 54.1 Å². The lowest BCUT2D eigenvalue weighted by molar-refractivity contribution is 0.102. The van der Waals surface area contributed by atoms with Gasteiger partial charge in [0.25, 0.3) is 5.91 Å². The zero-order valence-corrected chi connectivity index (χ0v) is 13.0. The third-order valence-electron chi connectivity index (χ3n) is 3.04. The van der Waals surface area contributed by atoms with Crippen LogP contribution < -0.4 is 5.32 Å². The summed E-state index contributed by atoms with van der Waals surface area (Å²) in [6.45, 7) is 1.98. The Bertz CT molecular complexity index is 992. The van der Waals surface area contributed by atoms with Crippen LogP contribution >= 0.6 is 22.7 Å². The van der Waals surface area contributed by atoms with Gasteiger partial charge in [-0.1, -0.05) is 11.3 Å². The van der Waals surface area contributed by atoms with E-state index in [1.807, 2.05) is 19.1 Å². The number of aromatic nitrogens is 4. The number of amides is 1. The number of aryl methyl sites for hydroxylation is 1. The molecular formula is C14H9N5OS2. The molecule has 0 atom stereocenters. The summed E-state index contributed by atoms with van der Waals surface area (Å²) in [6.07, 6.45) is 4.43. The molecule has 0 saturated carbocycles. The maximum absolute atomic E-state index is 12.1. The van der Waals surface area contributed by atoms with Crippen molar-refractivity contribution in [3.63, 3.8) is 0 Å². The number of carbonyl (C=O) groups excluding carboxylic acids is 1. The summed E-state index contributed by atoms with van der Waals surface area (Å²) in [6, 6.07) is 3.88. The number of rotatable bonds is 2. The molecule has 0 fully saturated rings. The smallest absolute Gasteiger partial charge is 0.277 e. The lowest BCUT2D eigenvalue weighted by atomic mass is 10.3. The molecule has 108 valence electrons. The first-order valence-corrected chi connectivity index (χ1v) is 8.08. The molecule has 22 heavy (non-hydrogen) atoms. The van der Waals surface area contributed by atoms with Gasteiger partial charge in [0, 0.05) is 12.4 Å². The second-order valence-electron chi connectivity index (χ2n) is 4.56. The molecule has 0 saturated heterocycles. The minimum Gasteiger partial charge on any atom is -0.296 e. The van der Waals surface area contributed by atoms with E-state index in [4.69, 9.17) is 0 Å². The topological polar surface area (TPSA) is 80.7 Å². The van der Waals surface area contributed by atoms with Crippen molar-refractivity contribution in [2.24, 2.45) is 0 Å². The van der Waals surface area contributed by atoms with Crippen LogP contribution in [0.5, 0.6) is 0 Å². The highest BCUT2D eigenvalue weighted by molar-refractivity contribution is 7.28. The van der Waals surface area contributed by atoms with Gasteiger partial charge in [0.05, 0.1) is 31.6 Å². The molecule has 0 radical (unpaired) electrons. The highest BCUT2D eigenvalue weighted by Gasteiger charge is 2.14. The minimum atomic E-state index is -0.316. The Kier molecular flexibility index (Phi) is 3.05. The highest BCUT2D eigenvalue weighted by atomic mass is 32.1. The second-order valence-corrected chi connectivity index (χ2v) is 6.76. The van der Waals surface area contributed by atoms with Crippen LogP contribution in [0.4, 0.5) is 5.13 Å². The molecule has 6 nitrogen and oxygen atoms in total. The van der Waals surface area contributed by atoms with E-state index in [9.17, 15) is 4.79 Å². The Balaban J connectivity index is 1.73. The van der Waals surface area contributed by atoms with Crippen molar-refractivity contribution in [3.05, 3.63) is 41.4 Å². The number of nitrogens with zero attached hydrogens (tertiary/aromatic N) is 4. The fourth-order valence-corrected chi connectivity index (χ4v) is 4.12. The van der Waals surface area contributed by atoms with E-state index < -0.39 is 0 Å². The largest absolute Gasteiger partial charge is 0.296 e. The molecule has 0 aliphatic rings. The summed E-state index contributed by atoms with van der Waals surface area (Å²) in [5.41, 5.74) is 2.08. The summed E-state index contributed by atoms with van der Waals surface area (Å²) < 4.78 is 2.14. The minimum absolute atomic E-state index is 0.264. The molecule has 1 aromatic carbocycles. The summed E-state index contributed by atoms with van der Waals surface area (Å²) in [5.74, 6) is -0.316. The fourth-order valence-electron chi connectivity index (χ4n) is 2.12. The zero-order valence-electron chi connectivity index (χ0n) is 11.4. The molecule has 0 spiro atoms. The number of carbonyl (C=O) groups is 1. The zero-order chi connectivity index (χ0) is 15.1. The highest BCUT2D eigenvalue weighted by Crippen LogP contribution is 2.35. The molecular weight excluding hydrogens is 318 g/mol. The number of hydrogen-bond acceptors (Lipinski definition) is 7. The predicted octanol–water partition coefficient (Wildman–Crippen LogP) is 3.26. The number of fused-ring (bicyclic) bond motifs is 3. The van der Waals surface area contributed by atoms with Gasteiger partial charge in [-0.25, -0.2) is 15.0 Å². The van der Waals surface area contributed by atoms with Crippen LogP contribution in [-0.4, -0.2) is 25.8 Å². The summed E-state index contributed by atoms with van der Waals surface area (Å²) >= 11 is 3.08. The van der Waals surface area contributed by atoms with Crippen LogP contribution in [0.2, 0.25) is 0 Å². The molecule has 4 aromatic rings. The van der Waals surface area contributed by atoms with Crippen LogP contribution in [0.1, 0.15) is 15.5 Å². The average Bonchev–Trinajstić information content (AvgIpc) is 3.09. The Morgan fingerprint density at radius 3 is 2.64 bits per heavy atom. The van der Waals surface area contributed by atoms with E-state index in [1.165, 1.54) is 29.9 Å². The third-order valence-corrected chi connectivity index (χ3v) is 5.17. The molecule has 1 amide bonds. The molecule has 0 aliphatic carbocycles. The van der Waals surface area contributed by atoms with E-state index in [2.05, 4.69) is 25.3 Å². The Labute approximate surface area is 132 Å². The van der Waals surface area contributed by atoms with E-state index in [0.717, 1.165) is 25.4 Å². The third kappa shape index (κ3) is 2.22. The van der Waals surface area contributed by atoms with E-state index in [-0.39, 0.29) is 11.6 Å². The Morgan fingerprint density at radius 2 is 1.86 bits per heavy atom. The van der Waals surface area contributed by atoms with E-state index >= 15 is 0 Å². The summed E-state index contributed by atoms with van der Waals surface area (Å²) in [5, 5.41) is 4.33. The van der Waals surface area contributed by atoms with Gasteiger partial charge in [-0.3, -0.25) is 15.1 Å². The molecule has 8 heteroatoms. The maximum Gasteiger partial charge on any atom is 0.277 e. The number of thiazole rings is 2. The first-order chi connectivity index (χ1) is 10.7. The van der Waals surface area contributed by atoms with Crippen molar-refractivity contribution in [1.29, 1.82) is 0 Å². The number of hydrogen-bond donors (Lipinski definition) is 1. The van der Waals surface area contributed by atoms with E-state index in [0.29, 0.717) is 5.13 Å². The lowest BCUT2D eigenvalue weighted by Crippen LogP contribution is -2.13. The van der Waals surface area contributed by atoms with Crippen LogP contribution in [0, 0.1) is 6.92 Å². The van der Waals surface area contributed by atoms with Crippen molar-refractivity contribution in [2.75, 3.05) is 5.32 Å². The maximum atomic E-state index is 12.1. The SMILES string of the molecule is Cc1nc2ccc3nc(NC(=O)c4cnccn4)sc3c2s1. The number of anilines is 1. The van der Waals surface area contributed by atoms with Crippen molar-refractivity contribution < 1.29 is 4.79 Å². The Morgan fingerprint density at radius 1 is 1.09 bits per heavy atom. The quantitative estimate of drug-likeness (QED) is 0.611. The van der Waals surface area contributed by atoms with Crippen molar-refractivity contribution in [1.82, 2.24) is 19.9 Å². The number of benzene rings is 1. The van der Waals surface area contributed by atoms with Gasteiger partial charge in [0.15, 0.2) is 5.13 Å². The van der Waals surface area contributed by atoms with Crippen LogP contribution in [0.15, 0.2) is 30.7 Å². The number of nitrogens with one attached hydrogen (secondary N) is 1. The van der Waals surface area contributed by atoms with Gasteiger partial charge < -0.3 is 0 Å². The van der Waals surface area contributed by atoms with Gasteiger partial charge in [-0.2, -0.15) is 0 Å². The Hall–Kier alpha value is -2.45. The standard InChI is InChI=1S/C14H9N5OS2/c1-7-17-8-2-3-9-12(11(8)21-7)22-14(18-9)19-13(20)10-6-15-4-5-16-10/h2-6H,1H3,(H,18,19,20). The van der Waals surface area contributed by atoms with Crippen molar-refractivity contribution in [3.8, 4) is 0 Å². The summed E-state index contributed by atoms with van der Waals surface area (Å²) in [7, 11) is 0. The first-order valence-electron chi connectivity index (χ1n) is 6.45.